The summed E-state index contributed by atoms with van der Waals surface area (Å²) in [6.07, 6.45) is 0. The van der Waals surface area contributed by atoms with E-state index in [4.69, 9.17) is 0 Å². The lowest BCUT2D eigenvalue weighted by atomic mass is 9.82. The first kappa shape index (κ1) is 85.0. The van der Waals surface area contributed by atoms with Gasteiger partial charge in [0.2, 0.25) is 0 Å². The van der Waals surface area contributed by atoms with Crippen LogP contribution in [-0.2, 0) is 10.8 Å². The van der Waals surface area contributed by atoms with Gasteiger partial charge in [-0.15, -0.1) is 0 Å². The maximum Gasteiger partial charge on any atom is 0.0547 e. The number of para-hydroxylation sites is 5. The molecule has 130 heavy (non-hydrogen) atoms. The van der Waals surface area contributed by atoms with E-state index in [2.05, 4.69) is 553 Å². The Bertz CT molecular complexity index is 7240. The van der Waals surface area contributed by atoms with Gasteiger partial charge >= 0.3 is 0 Å². The third-order valence-electron chi connectivity index (χ3n) is 25.7. The number of nitrogens with zero attached hydrogens (tertiary/aromatic N) is 5. The molecule has 0 atom stereocenters. The molecule has 5 nitrogen and oxygen atoms in total. The molecule has 632 valence electrons. The Balaban J connectivity index is 0.000000118. The molecular weight excluding hydrogens is 1570 g/mol. The van der Waals surface area contributed by atoms with Crippen molar-refractivity contribution in [3.05, 3.63) is 518 Å². The second-order valence-electron chi connectivity index (χ2n) is 34.7. The number of fused-ring (bicyclic) bond motifs is 9. The van der Waals surface area contributed by atoms with Crippen LogP contribution >= 0.6 is 0 Å². The minimum absolute atomic E-state index is 0. The first-order valence-corrected chi connectivity index (χ1v) is 44.7. The molecule has 1 heterocycles. The molecule has 0 aliphatic heterocycles. The number of rotatable bonds is 16. The summed E-state index contributed by atoms with van der Waals surface area (Å²) in [6.45, 7) is 15.7. The SMILES string of the molecule is C.CN(c1ccc(-c2ccc3c4ccccc4n(-c4ccccc4)c3c2)cc1)c1ccc2c(c1)C(C)(C)c1ccccc1-2.Cc1ccc(N(c2ccccc2)c2ccc(-c3ccc(-c4ccccc4)cc3)cc2)cc1.Cc1ccc(N(c2ccccc2)c2ccc(-c3ccccc3)cc2)cc1.Cc1ccc(N(c2ccccc2)c2ccc3c(c2)C(C)(C)c2ccccc2-3)cc1. The third-order valence-corrected chi connectivity index (χ3v) is 25.7. The second-order valence-corrected chi connectivity index (χ2v) is 34.7. The van der Waals surface area contributed by atoms with Crippen molar-refractivity contribution in [1.82, 2.24) is 4.57 Å². The summed E-state index contributed by atoms with van der Waals surface area (Å²) in [7, 11) is 2.16. The maximum absolute atomic E-state index is 2.38. The summed E-state index contributed by atoms with van der Waals surface area (Å²) >= 11 is 0. The molecule has 0 radical (unpaired) electrons. The Morgan fingerprint density at radius 1 is 0.192 bits per heavy atom. The van der Waals surface area contributed by atoms with Crippen molar-refractivity contribution in [2.24, 2.45) is 0 Å². The molecule has 2 aliphatic carbocycles. The first-order valence-electron chi connectivity index (χ1n) is 44.7. The van der Waals surface area contributed by atoms with E-state index in [0.717, 1.165) is 34.1 Å². The molecule has 5 heteroatoms. The van der Waals surface area contributed by atoms with Crippen molar-refractivity contribution in [3.8, 4) is 72.4 Å². The predicted molar refractivity (Wildman–Crippen MR) is 556 cm³/mol. The van der Waals surface area contributed by atoms with Gasteiger partial charge in [0, 0.05) is 96.9 Å². The average Bonchev–Trinajstić information content (AvgIpc) is 1.59. The molecule has 2 aliphatic rings. The monoisotopic (exact) mass is 1680 g/mol. The molecule has 0 fully saturated rings. The van der Waals surface area contributed by atoms with Crippen molar-refractivity contribution in [2.45, 2.75) is 66.7 Å². The minimum Gasteiger partial charge on any atom is -0.345 e. The summed E-state index contributed by atoms with van der Waals surface area (Å²) in [4.78, 5) is 9.22. The van der Waals surface area contributed by atoms with Crippen LogP contribution in [0.15, 0.2) is 479 Å². The lowest BCUT2D eigenvalue weighted by molar-refractivity contribution is 0.660. The summed E-state index contributed by atoms with van der Waals surface area (Å²) in [5.74, 6) is 0. The molecule has 1 aromatic heterocycles. The van der Waals surface area contributed by atoms with E-state index in [1.54, 1.807) is 0 Å². The van der Waals surface area contributed by atoms with E-state index in [1.165, 1.54) is 162 Å². The van der Waals surface area contributed by atoms with Crippen LogP contribution < -0.4 is 19.6 Å². The molecular formula is C125H107N5. The standard InChI is InChI=1S/C40H32N2.C31H25N.C28H25N.C25H21N.CH4/c1-40(2)36-15-9-7-13-32(36)33-24-22-31(26-37(33)40)41(3)29-20-17-27(18-21-29)28-19-23-35-34-14-8-10-16-38(34)42(39(35)25-28)30-11-5-4-6-12-30;1-24-12-20-30(21-13-24)32(29-10-6-3-7-11-29)31-22-18-28(19-23-31)27-16-14-26(15-17-27)25-8-4-2-5-9-25;1-20-13-15-22(16-14-20)29(21-9-5-4-6-10-21)23-17-18-25-24-11-7-8-12-26(24)28(2,3)27(25)19-23;1-20-12-16-24(17-13-20)26(23-10-6-3-7-11-23)25-18-14-22(15-19-25)21-8-4-2-5-9-21;/h4-26H,1-3H3;2-23H,1H3;4-19H,1-3H3;2-19H,1H3;1H4. The number of hydrogen-bond donors (Lipinski definition) is 0. The van der Waals surface area contributed by atoms with Crippen LogP contribution in [-0.4, -0.2) is 11.6 Å². The molecule has 0 saturated heterocycles. The van der Waals surface area contributed by atoms with Gasteiger partial charge in [0.1, 0.15) is 0 Å². The highest BCUT2D eigenvalue weighted by atomic mass is 15.2. The molecule has 0 bridgehead atoms. The highest BCUT2D eigenvalue weighted by molar-refractivity contribution is 6.10. The number of benzene rings is 19. The molecule has 0 amide bonds. The van der Waals surface area contributed by atoms with Crippen LogP contribution in [0.3, 0.4) is 0 Å². The quantitative estimate of drug-likeness (QED) is 0.0959. The number of hydrogen-bond acceptors (Lipinski definition) is 4. The van der Waals surface area contributed by atoms with E-state index >= 15 is 0 Å². The Morgan fingerprint density at radius 3 is 0.862 bits per heavy atom. The Hall–Kier alpha value is -15.8. The molecule has 20 aromatic rings. The van der Waals surface area contributed by atoms with Gasteiger partial charge in [0.05, 0.1) is 11.0 Å². The third kappa shape index (κ3) is 17.4. The fraction of sp³-hybridized carbons (Fsp3) is 0.0880. The topological polar surface area (TPSA) is 17.9 Å². The number of anilines is 11. The van der Waals surface area contributed by atoms with Crippen LogP contribution in [0.1, 0.15) is 74.1 Å². The first-order chi connectivity index (χ1) is 63.1. The fourth-order valence-electron chi connectivity index (χ4n) is 18.6. The lowest BCUT2D eigenvalue weighted by Crippen LogP contribution is -2.16. The zero-order valence-corrected chi connectivity index (χ0v) is 74.3. The predicted octanol–water partition coefficient (Wildman–Crippen LogP) is 34.9. The Labute approximate surface area is 767 Å². The zero-order chi connectivity index (χ0) is 88.0. The largest absolute Gasteiger partial charge is 0.345 e. The molecule has 0 spiro atoms. The minimum atomic E-state index is -0.00645. The van der Waals surface area contributed by atoms with E-state index in [-0.39, 0.29) is 18.3 Å². The van der Waals surface area contributed by atoms with Gasteiger partial charge in [-0.1, -0.05) is 373 Å². The van der Waals surface area contributed by atoms with Gasteiger partial charge < -0.3 is 24.2 Å². The Morgan fingerprint density at radius 2 is 0.454 bits per heavy atom. The van der Waals surface area contributed by atoms with E-state index in [1.807, 2.05) is 6.07 Å². The van der Waals surface area contributed by atoms with Crippen LogP contribution in [0.2, 0.25) is 0 Å². The van der Waals surface area contributed by atoms with Crippen LogP contribution in [0, 0.1) is 20.8 Å². The van der Waals surface area contributed by atoms with E-state index in [0.29, 0.717) is 0 Å². The zero-order valence-electron chi connectivity index (χ0n) is 74.3. The van der Waals surface area contributed by atoms with E-state index < -0.39 is 0 Å². The number of aryl methyl sites for hydroxylation is 3. The highest BCUT2D eigenvalue weighted by Gasteiger charge is 2.37. The fourth-order valence-corrected chi connectivity index (χ4v) is 18.6. The van der Waals surface area contributed by atoms with Crippen molar-refractivity contribution in [3.63, 3.8) is 0 Å². The van der Waals surface area contributed by atoms with Gasteiger partial charge in [-0.3, -0.25) is 0 Å². The summed E-state index contributed by atoms with van der Waals surface area (Å²) in [5, 5.41) is 2.55. The second kappa shape index (κ2) is 37.4. The van der Waals surface area contributed by atoms with E-state index in [9.17, 15) is 0 Å². The van der Waals surface area contributed by atoms with Gasteiger partial charge in [0.15, 0.2) is 0 Å². The molecule has 0 N–H and O–H groups in total. The van der Waals surface area contributed by atoms with Gasteiger partial charge in [-0.05, 0) is 268 Å². The van der Waals surface area contributed by atoms with Gasteiger partial charge in [-0.25, -0.2) is 0 Å². The molecule has 0 saturated carbocycles. The summed E-state index contributed by atoms with van der Waals surface area (Å²) in [5.41, 5.74) is 41.1. The van der Waals surface area contributed by atoms with Gasteiger partial charge in [0.25, 0.3) is 0 Å². The molecule has 0 unspecified atom stereocenters. The smallest absolute Gasteiger partial charge is 0.0547 e. The maximum atomic E-state index is 2.38. The van der Waals surface area contributed by atoms with Crippen molar-refractivity contribution in [1.29, 1.82) is 0 Å². The van der Waals surface area contributed by atoms with Crippen LogP contribution in [0.5, 0.6) is 0 Å². The highest BCUT2D eigenvalue weighted by Crippen LogP contribution is 2.53. The van der Waals surface area contributed by atoms with Crippen molar-refractivity contribution < 1.29 is 0 Å². The van der Waals surface area contributed by atoms with Crippen LogP contribution in [0.4, 0.5) is 62.6 Å². The van der Waals surface area contributed by atoms with Crippen molar-refractivity contribution in [2.75, 3.05) is 26.6 Å². The number of aromatic nitrogens is 1. The summed E-state index contributed by atoms with van der Waals surface area (Å²) in [6, 6.07) is 172. The molecule has 22 rings (SSSR count). The average molecular weight is 1680 g/mol. The molecule has 19 aromatic carbocycles. The normalized spacial score (nSPS) is 12.1. The van der Waals surface area contributed by atoms with Crippen molar-refractivity contribution >= 4 is 84.4 Å². The lowest BCUT2D eigenvalue weighted by Gasteiger charge is -2.28. The van der Waals surface area contributed by atoms with Gasteiger partial charge in [-0.2, -0.15) is 0 Å². The Kier molecular flexibility index (Phi) is 24.4. The summed E-state index contributed by atoms with van der Waals surface area (Å²) < 4.78 is 2.38. The van der Waals surface area contributed by atoms with Crippen LogP contribution in [0.25, 0.3) is 94.3 Å².